The van der Waals surface area contributed by atoms with Crippen LogP contribution in [0.25, 0.3) is 0 Å². The highest BCUT2D eigenvalue weighted by atomic mass is 32.2. The second-order valence-electron chi connectivity index (χ2n) is 3.98. The number of benzene rings is 1. The maximum atomic E-state index is 12.7. The summed E-state index contributed by atoms with van der Waals surface area (Å²) in [5, 5.41) is 2.80. The number of hydrogen-bond donors (Lipinski definition) is 1. The Bertz CT molecular complexity index is 572. The van der Waals surface area contributed by atoms with Gasteiger partial charge < -0.3 is 5.32 Å². The predicted octanol–water partition coefficient (Wildman–Crippen LogP) is 3.26. The summed E-state index contributed by atoms with van der Waals surface area (Å²) in [5.74, 6) is -0.106. The van der Waals surface area contributed by atoms with Gasteiger partial charge in [0, 0.05) is 11.1 Å². The topological polar surface area (TPSA) is 42.0 Å². The van der Waals surface area contributed by atoms with Crippen molar-refractivity contribution in [2.75, 3.05) is 11.1 Å². The first kappa shape index (κ1) is 13.5. The SMILES string of the molecule is Cc1ccncc1NC(=O)CSc1ccc(F)cc1. The Kier molecular flexibility index (Phi) is 4.52. The number of anilines is 1. The van der Waals surface area contributed by atoms with Crippen LogP contribution in [0.3, 0.4) is 0 Å². The standard InChI is InChI=1S/C14H13FN2OS/c1-10-6-7-16-8-13(10)17-14(18)9-19-12-4-2-11(15)3-5-12/h2-8H,9H2,1H3,(H,17,18). The third-order valence-electron chi connectivity index (χ3n) is 2.50. The Balaban J connectivity index is 1.88. The van der Waals surface area contributed by atoms with Crippen molar-refractivity contribution >= 4 is 23.4 Å². The fourth-order valence-corrected chi connectivity index (χ4v) is 2.16. The van der Waals surface area contributed by atoms with E-state index in [9.17, 15) is 9.18 Å². The van der Waals surface area contributed by atoms with E-state index in [1.165, 1.54) is 23.9 Å². The molecular formula is C14H13FN2OS. The Morgan fingerprint density at radius 3 is 2.74 bits per heavy atom. The van der Waals surface area contributed by atoms with Crippen molar-refractivity contribution in [1.82, 2.24) is 4.98 Å². The van der Waals surface area contributed by atoms with Crippen LogP contribution in [0, 0.1) is 12.7 Å². The van der Waals surface area contributed by atoms with Gasteiger partial charge >= 0.3 is 0 Å². The molecule has 98 valence electrons. The molecule has 0 atom stereocenters. The number of pyridine rings is 1. The highest BCUT2D eigenvalue weighted by Crippen LogP contribution is 2.19. The molecule has 1 aromatic carbocycles. The van der Waals surface area contributed by atoms with E-state index in [1.54, 1.807) is 24.5 Å². The van der Waals surface area contributed by atoms with Gasteiger partial charge in [0.1, 0.15) is 5.82 Å². The zero-order chi connectivity index (χ0) is 13.7. The normalized spacial score (nSPS) is 10.2. The largest absolute Gasteiger partial charge is 0.324 e. The summed E-state index contributed by atoms with van der Waals surface area (Å²) >= 11 is 1.36. The van der Waals surface area contributed by atoms with Crippen molar-refractivity contribution in [3.05, 3.63) is 54.1 Å². The lowest BCUT2D eigenvalue weighted by Crippen LogP contribution is -2.14. The summed E-state index contributed by atoms with van der Waals surface area (Å²) < 4.78 is 12.7. The number of nitrogens with zero attached hydrogens (tertiary/aromatic N) is 1. The molecule has 0 radical (unpaired) electrons. The van der Waals surface area contributed by atoms with Crippen molar-refractivity contribution < 1.29 is 9.18 Å². The van der Waals surface area contributed by atoms with Crippen LogP contribution in [-0.4, -0.2) is 16.6 Å². The number of thioether (sulfide) groups is 1. The molecule has 1 N–H and O–H groups in total. The van der Waals surface area contributed by atoms with E-state index in [4.69, 9.17) is 0 Å². The molecule has 1 amide bonds. The number of aromatic nitrogens is 1. The van der Waals surface area contributed by atoms with E-state index in [2.05, 4.69) is 10.3 Å². The molecular weight excluding hydrogens is 263 g/mol. The number of hydrogen-bond acceptors (Lipinski definition) is 3. The second-order valence-corrected chi connectivity index (χ2v) is 5.03. The van der Waals surface area contributed by atoms with Crippen LogP contribution in [0.4, 0.5) is 10.1 Å². The molecule has 1 heterocycles. The van der Waals surface area contributed by atoms with Crippen LogP contribution in [-0.2, 0) is 4.79 Å². The van der Waals surface area contributed by atoms with Crippen molar-refractivity contribution in [1.29, 1.82) is 0 Å². The first-order valence-electron chi connectivity index (χ1n) is 5.74. The number of carbonyl (C=O) groups excluding carboxylic acids is 1. The zero-order valence-corrected chi connectivity index (χ0v) is 11.2. The minimum absolute atomic E-state index is 0.106. The lowest BCUT2D eigenvalue weighted by Gasteiger charge is -2.07. The molecule has 0 saturated heterocycles. The van der Waals surface area contributed by atoms with E-state index in [0.29, 0.717) is 5.69 Å². The van der Waals surface area contributed by atoms with Gasteiger partial charge in [0.05, 0.1) is 17.6 Å². The molecule has 0 fully saturated rings. The van der Waals surface area contributed by atoms with Crippen molar-refractivity contribution in [2.24, 2.45) is 0 Å². The van der Waals surface area contributed by atoms with E-state index in [-0.39, 0.29) is 17.5 Å². The van der Waals surface area contributed by atoms with Crippen molar-refractivity contribution in [3.8, 4) is 0 Å². The maximum Gasteiger partial charge on any atom is 0.234 e. The number of nitrogens with one attached hydrogen (secondary N) is 1. The van der Waals surface area contributed by atoms with Crippen LogP contribution in [0.5, 0.6) is 0 Å². The maximum absolute atomic E-state index is 12.7. The molecule has 1 aromatic heterocycles. The van der Waals surface area contributed by atoms with Gasteiger partial charge in [-0.25, -0.2) is 4.39 Å². The summed E-state index contributed by atoms with van der Waals surface area (Å²) in [7, 11) is 0. The second kappa shape index (κ2) is 6.33. The smallest absolute Gasteiger partial charge is 0.234 e. The molecule has 19 heavy (non-hydrogen) atoms. The highest BCUT2D eigenvalue weighted by molar-refractivity contribution is 8.00. The number of amides is 1. The third kappa shape index (κ3) is 4.06. The summed E-state index contributed by atoms with van der Waals surface area (Å²) in [5.41, 5.74) is 1.68. The summed E-state index contributed by atoms with van der Waals surface area (Å²) in [6.07, 6.45) is 3.30. The van der Waals surface area contributed by atoms with Gasteiger partial charge in [0.25, 0.3) is 0 Å². The van der Waals surface area contributed by atoms with Crippen LogP contribution in [0.15, 0.2) is 47.6 Å². The molecule has 0 aliphatic carbocycles. The Hall–Kier alpha value is -1.88. The Morgan fingerprint density at radius 1 is 1.32 bits per heavy atom. The molecule has 2 rings (SSSR count). The van der Waals surface area contributed by atoms with Gasteiger partial charge in [-0.3, -0.25) is 9.78 Å². The molecule has 0 aliphatic heterocycles. The third-order valence-corrected chi connectivity index (χ3v) is 3.51. The van der Waals surface area contributed by atoms with Crippen LogP contribution < -0.4 is 5.32 Å². The zero-order valence-electron chi connectivity index (χ0n) is 10.4. The minimum Gasteiger partial charge on any atom is -0.324 e. The Morgan fingerprint density at radius 2 is 2.05 bits per heavy atom. The van der Waals surface area contributed by atoms with E-state index >= 15 is 0 Å². The number of halogens is 1. The molecule has 0 spiro atoms. The van der Waals surface area contributed by atoms with Crippen molar-refractivity contribution in [2.45, 2.75) is 11.8 Å². The average Bonchev–Trinajstić information content (AvgIpc) is 2.41. The van der Waals surface area contributed by atoms with Crippen LogP contribution in [0.2, 0.25) is 0 Å². The fraction of sp³-hybridized carbons (Fsp3) is 0.143. The highest BCUT2D eigenvalue weighted by Gasteiger charge is 2.05. The van der Waals surface area contributed by atoms with E-state index < -0.39 is 0 Å². The average molecular weight is 276 g/mol. The summed E-state index contributed by atoms with van der Waals surface area (Å²) in [6, 6.07) is 7.91. The number of rotatable bonds is 4. The van der Waals surface area contributed by atoms with Crippen LogP contribution in [0.1, 0.15) is 5.56 Å². The first-order chi connectivity index (χ1) is 9.15. The van der Waals surface area contributed by atoms with Crippen LogP contribution >= 0.6 is 11.8 Å². The minimum atomic E-state index is -0.278. The lowest BCUT2D eigenvalue weighted by atomic mass is 10.2. The van der Waals surface area contributed by atoms with Gasteiger partial charge in [-0.1, -0.05) is 0 Å². The monoisotopic (exact) mass is 276 g/mol. The molecule has 5 heteroatoms. The quantitative estimate of drug-likeness (QED) is 0.872. The summed E-state index contributed by atoms with van der Waals surface area (Å²) in [4.78, 5) is 16.6. The first-order valence-corrected chi connectivity index (χ1v) is 6.72. The predicted molar refractivity (Wildman–Crippen MR) is 74.7 cm³/mol. The lowest BCUT2D eigenvalue weighted by molar-refractivity contribution is -0.113. The fourth-order valence-electron chi connectivity index (χ4n) is 1.46. The van der Waals surface area contributed by atoms with E-state index in [1.807, 2.05) is 13.0 Å². The van der Waals surface area contributed by atoms with Gasteiger partial charge in [-0.05, 0) is 42.8 Å². The van der Waals surface area contributed by atoms with Gasteiger partial charge in [-0.15, -0.1) is 11.8 Å². The van der Waals surface area contributed by atoms with E-state index in [0.717, 1.165) is 10.5 Å². The summed E-state index contributed by atoms with van der Waals surface area (Å²) in [6.45, 7) is 1.91. The molecule has 0 saturated carbocycles. The molecule has 3 nitrogen and oxygen atoms in total. The molecule has 0 bridgehead atoms. The number of aryl methyl sites for hydroxylation is 1. The van der Waals surface area contributed by atoms with Gasteiger partial charge in [-0.2, -0.15) is 0 Å². The van der Waals surface area contributed by atoms with Crippen molar-refractivity contribution in [3.63, 3.8) is 0 Å². The van der Waals surface area contributed by atoms with Gasteiger partial charge in [0.2, 0.25) is 5.91 Å². The van der Waals surface area contributed by atoms with Gasteiger partial charge in [0.15, 0.2) is 0 Å². The Labute approximate surface area is 115 Å². The molecule has 0 aliphatic rings. The number of carbonyl (C=O) groups is 1. The molecule has 0 unspecified atom stereocenters. The molecule has 2 aromatic rings.